The molecule has 0 aliphatic heterocycles. The minimum Gasteiger partial charge on any atom is -0.343 e. The number of carbonyl (C=O) groups excluding carboxylic acids is 1. The van der Waals surface area contributed by atoms with Gasteiger partial charge >= 0.3 is 0 Å². The summed E-state index contributed by atoms with van der Waals surface area (Å²) in [5, 5.41) is 0. The summed E-state index contributed by atoms with van der Waals surface area (Å²) in [6.45, 7) is 0. The maximum absolute atomic E-state index is 12.6. The second kappa shape index (κ2) is 4.23. The summed E-state index contributed by atoms with van der Waals surface area (Å²) in [4.78, 5) is 14.7. The molecule has 0 spiro atoms. The van der Waals surface area contributed by atoms with E-state index >= 15 is 0 Å². The Morgan fingerprint density at radius 2 is 1.58 bits per heavy atom. The van der Waals surface area contributed by atoms with Gasteiger partial charge in [-0.1, -0.05) is 0 Å². The van der Waals surface area contributed by atoms with E-state index < -0.39 is 0 Å². The zero-order chi connectivity index (χ0) is 13.0. The fourth-order valence-corrected chi connectivity index (χ4v) is 5.93. The molecule has 0 heterocycles. The van der Waals surface area contributed by atoms with Crippen LogP contribution in [-0.4, -0.2) is 23.9 Å². The summed E-state index contributed by atoms with van der Waals surface area (Å²) >= 11 is 0. The van der Waals surface area contributed by atoms with Crippen molar-refractivity contribution in [2.45, 2.75) is 70.3 Å². The zero-order valence-corrected chi connectivity index (χ0v) is 12.2. The van der Waals surface area contributed by atoms with Crippen LogP contribution >= 0.6 is 0 Å². The highest BCUT2D eigenvalue weighted by atomic mass is 16.2. The molecule has 0 aromatic heterocycles. The number of rotatable bonds is 3. The smallest absolute Gasteiger partial charge is 0.223 e. The molecule has 0 N–H and O–H groups in total. The van der Waals surface area contributed by atoms with Crippen molar-refractivity contribution in [1.82, 2.24) is 4.90 Å². The van der Waals surface area contributed by atoms with E-state index in [0.717, 1.165) is 24.2 Å². The van der Waals surface area contributed by atoms with E-state index in [4.69, 9.17) is 0 Å². The molecule has 0 unspecified atom stereocenters. The van der Waals surface area contributed by atoms with Gasteiger partial charge in [0.05, 0.1) is 0 Å². The summed E-state index contributed by atoms with van der Waals surface area (Å²) < 4.78 is 0. The van der Waals surface area contributed by atoms with Crippen LogP contribution < -0.4 is 0 Å². The van der Waals surface area contributed by atoms with Crippen LogP contribution in [0, 0.1) is 23.2 Å². The summed E-state index contributed by atoms with van der Waals surface area (Å²) in [6, 6.07) is 0.571. The third-order valence-corrected chi connectivity index (χ3v) is 6.71. The summed E-state index contributed by atoms with van der Waals surface area (Å²) in [6.07, 6.45) is 13.2. The van der Waals surface area contributed by atoms with Crippen molar-refractivity contribution < 1.29 is 4.79 Å². The van der Waals surface area contributed by atoms with Gasteiger partial charge < -0.3 is 4.90 Å². The van der Waals surface area contributed by atoms with E-state index in [-0.39, 0.29) is 0 Å². The first kappa shape index (κ1) is 12.2. The summed E-state index contributed by atoms with van der Waals surface area (Å²) in [7, 11) is 2.05. The van der Waals surface area contributed by atoms with Crippen molar-refractivity contribution >= 4 is 5.91 Å². The molecular formula is C17H27NO. The molecule has 0 saturated heterocycles. The predicted octanol–water partition coefficient (Wildman–Crippen LogP) is 3.60. The Labute approximate surface area is 116 Å². The molecule has 0 radical (unpaired) electrons. The molecule has 5 saturated carbocycles. The standard InChI is InChI=1S/C17H27NO/c1-18(15-3-2-4-15)16(19)11-17-8-12-5-13(9-17)7-14(6-12)10-17/h12-15H,2-11H2,1H3. The quantitative estimate of drug-likeness (QED) is 0.760. The summed E-state index contributed by atoms with van der Waals surface area (Å²) in [5.41, 5.74) is 0.420. The molecule has 0 aromatic rings. The van der Waals surface area contributed by atoms with E-state index in [1.165, 1.54) is 57.8 Å². The first-order valence-corrected chi connectivity index (χ1v) is 8.39. The number of amides is 1. The third-order valence-electron chi connectivity index (χ3n) is 6.71. The van der Waals surface area contributed by atoms with Gasteiger partial charge in [0, 0.05) is 19.5 Å². The highest BCUT2D eigenvalue weighted by molar-refractivity contribution is 5.77. The molecule has 0 aromatic carbocycles. The van der Waals surface area contributed by atoms with Gasteiger partial charge in [-0.25, -0.2) is 0 Å². The molecule has 5 aliphatic rings. The van der Waals surface area contributed by atoms with Crippen molar-refractivity contribution in [2.75, 3.05) is 7.05 Å². The van der Waals surface area contributed by atoms with Crippen LogP contribution in [0.3, 0.4) is 0 Å². The van der Waals surface area contributed by atoms with Crippen molar-refractivity contribution in [3.05, 3.63) is 0 Å². The fourth-order valence-electron chi connectivity index (χ4n) is 5.93. The van der Waals surface area contributed by atoms with E-state index in [1.54, 1.807) is 0 Å². The lowest BCUT2D eigenvalue weighted by molar-refractivity contribution is -0.141. The largest absolute Gasteiger partial charge is 0.343 e. The number of nitrogens with zero attached hydrogens (tertiary/aromatic N) is 1. The van der Waals surface area contributed by atoms with Gasteiger partial charge in [-0.3, -0.25) is 4.79 Å². The zero-order valence-electron chi connectivity index (χ0n) is 12.2. The topological polar surface area (TPSA) is 20.3 Å². The maximum atomic E-state index is 12.6. The molecule has 5 rings (SSSR count). The lowest BCUT2D eigenvalue weighted by atomic mass is 9.49. The van der Waals surface area contributed by atoms with Gasteiger partial charge in [-0.15, -0.1) is 0 Å². The highest BCUT2D eigenvalue weighted by Gasteiger charge is 2.51. The molecule has 2 nitrogen and oxygen atoms in total. The fraction of sp³-hybridized carbons (Fsp3) is 0.941. The minimum absolute atomic E-state index is 0.420. The average molecular weight is 261 g/mol. The normalized spacial score (nSPS) is 44.2. The number of hydrogen-bond acceptors (Lipinski definition) is 1. The highest BCUT2D eigenvalue weighted by Crippen LogP contribution is 2.61. The average Bonchev–Trinajstić information content (AvgIpc) is 2.23. The molecule has 5 aliphatic carbocycles. The van der Waals surface area contributed by atoms with Crippen LogP contribution in [0.25, 0.3) is 0 Å². The SMILES string of the molecule is CN(C(=O)CC12CC3CC(CC(C3)C1)C2)C1CCC1. The predicted molar refractivity (Wildman–Crippen MR) is 75.6 cm³/mol. The van der Waals surface area contributed by atoms with Crippen molar-refractivity contribution in [3.8, 4) is 0 Å². The Balaban J connectivity index is 1.45. The molecule has 19 heavy (non-hydrogen) atoms. The monoisotopic (exact) mass is 261 g/mol. The minimum atomic E-state index is 0.420. The van der Waals surface area contributed by atoms with Gasteiger partial charge in [0.2, 0.25) is 5.91 Å². The molecule has 1 amide bonds. The molecule has 2 heteroatoms. The van der Waals surface area contributed by atoms with E-state index in [2.05, 4.69) is 4.90 Å². The molecule has 5 fully saturated rings. The first-order chi connectivity index (χ1) is 9.13. The van der Waals surface area contributed by atoms with E-state index in [0.29, 0.717) is 17.4 Å². The Hall–Kier alpha value is -0.530. The van der Waals surface area contributed by atoms with Crippen LogP contribution in [0.15, 0.2) is 0 Å². The van der Waals surface area contributed by atoms with E-state index in [1.807, 2.05) is 7.05 Å². The Morgan fingerprint density at radius 3 is 2.00 bits per heavy atom. The first-order valence-electron chi connectivity index (χ1n) is 8.39. The number of carbonyl (C=O) groups is 1. The van der Waals surface area contributed by atoms with Crippen molar-refractivity contribution in [1.29, 1.82) is 0 Å². The second-order valence-corrected chi connectivity index (χ2v) is 8.18. The van der Waals surface area contributed by atoms with Crippen LogP contribution in [-0.2, 0) is 4.79 Å². The van der Waals surface area contributed by atoms with Crippen LogP contribution in [0.2, 0.25) is 0 Å². The Kier molecular flexibility index (Phi) is 2.72. The van der Waals surface area contributed by atoms with Crippen LogP contribution in [0.1, 0.15) is 64.2 Å². The van der Waals surface area contributed by atoms with Crippen LogP contribution in [0.4, 0.5) is 0 Å². The van der Waals surface area contributed by atoms with Gasteiger partial charge in [0.1, 0.15) is 0 Å². The molecule has 4 bridgehead atoms. The molecular weight excluding hydrogens is 234 g/mol. The molecule has 0 atom stereocenters. The maximum Gasteiger partial charge on any atom is 0.223 e. The van der Waals surface area contributed by atoms with Crippen LogP contribution in [0.5, 0.6) is 0 Å². The van der Waals surface area contributed by atoms with Gasteiger partial charge in [-0.2, -0.15) is 0 Å². The van der Waals surface area contributed by atoms with Crippen molar-refractivity contribution in [2.24, 2.45) is 23.2 Å². The third kappa shape index (κ3) is 2.02. The second-order valence-electron chi connectivity index (χ2n) is 8.18. The van der Waals surface area contributed by atoms with Gasteiger partial charge in [0.15, 0.2) is 0 Å². The molecule has 106 valence electrons. The lowest BCUT2D eigenvalue weighted by Gasteiger charge is -2.57. The van der Waals surface area contributed by atoms with Crippen molar-refractivity contribution in [3.63, 3.8) is 0 Å². The van der Waals surface area contributed by atoms with Gasteiger partial charge in [-0.05, 0) is 81.0 Å². The van der Waals surface area contributed by atoms with E-state index in [9.17, 15) is 4.79 Å². The lowest BCUT2D eigenvalue weighted by Crippen LogP contribution is -2.49. The van der Waals surface area contributed by atoms with Gasteiger partial charge in [0.25, 0.3) is 0 Å². The Morgan fingerprint density at radius 1 is 1.05 bits per heavy atom. The Bertz CT molecular complexity index is 349. The number of hydrogen-bond donors (Lipinski definition) is 0. The summed E-state index contributed by atoms with van der Waals surface area (Å²) in [5.74, 6) is 3.35.